The van der Waals surface area contributed by atoms with Gasteiger partial charge < -0.3 is 20.3 Å². The minimum atomic E-state index is -0.0994. The van der Waals surface area contributed by atoms with Gasteiger partial charge in [-0.25, -0.2) is 4.79 Å². The molecule has 0 aromatic rings. The largest absolute Gasteiger partial charge is 0.377 e. The number of piperidine rings is 1. The van der Waals surface area contributed by atoms with E-state index in [1.807, 2.05) is 13.8 Å². The van der Waals surface area contributed by atoms with Crippen LogP contribution in [0, 0.1) is 0 Å². The summed E-state index contributed by atoms with van der Waals surface area (Å²) in [5.41, 5.74) is 0. The summed E-state index contributed by atoms with van der Waals surface area (Å²) in [6.45, 7) is 7.12. The van der Waals surface area contributed by atoms with Gasteiger partial charge in [-0.05, 0) is 26.2 Å². The summed E-state index contributed by atoms with van der Waals surface area (Å²) in [7, 11) is 0. The molecule has 0 aromatic heterocycles. The standard InChI is InChI=1S/C14H27N3O3/c1-3-8-15-13(18)7-9-16-14(19)17-10-5-6-12(11-17)20-4-2/h12H,3-11H2,1-2H3,(H,15,18)(H,16,19). The van der Waals surface area contributed by atoms with Crippen LogP contribution >= 0.6 is 0 Å². The van der Waals surface area contributed by atoms with Gasteiger partial charge in [-0.1, -0.05) is 6.92 Å². The molecule has 0 spiro atoms. The first kappa shape index (κ1) is 16.8. The number of hydrogen-bond acceptors (Lipinski definition) is 3. The van der Waals surface area contributed by atoms with E-state index in [2.05, 4.69) is 10.6 Å². The van der Waals surface area contributed by atoms with Crippen molar-refractivity contribution in [2.45, 2.75) is 45.6 Å². The van der Waals surface area contributed by atoms with Crippen LogP contribution < -0.4 is 10.6 Å². The van der Waals surface area contributed by atoms with Gasteiger partial charge in [-0.3, -0.25) is 4.79 Å². The number of carbonyl (C=O) groups excluding carboxylic acids is 2. The summed E-state index contributed by atoms with van der Waals surface area (Å²) in [4.78, 5) is 25.1. The second-order valence-electron chi connectivity index (χ2n) is 5.00. The van der Waals surface area contributed by atoms with Crippen molar-refractivity contribution in [1.82, 2.24) is 15.5 Å². The number of nitrogens with zero attached hydrogens (tertiary/aromatic N) is 1. The SMILES string of the molecule is CCCNC(=O)CCNC(=O)N1CCCC(OCC)C1. The molecule has 1 rings (SSSR count). The Morgan fingerprint density at radius 2 is 2.05 bits per heavy atom. The molecule has 1 saturated heterocycles. The average molecular weight is 285 g/mol. The van der Waals surface area contributed by atoms with Gasteiger partial charge >= 0.3 is 6.03 Å². The van der Waals surface area contributed by atoms with Crippen molar-refractivity contribution >= 4 is 11.9 Å². The van der Waals surface area contributed by atoms with Crippen molar-refractivity contribution in [1.29, 1.82) is 0 Å². The maximum Gasteiger partial charge on any atom is 0.317 e. The van der Waals surface area contributed by atoms with E-state index in [9.17, 15) is 9.59 Å². The fourth-order valence-corrected chi connectivity index (χ4v) is 2.24. The molecule has 2 N–H and O–H groups in total. The first-order chi connectivity index (χ1) is 9.67. The average Bonchev–Trinajstić information content (AvgIpc) is 2.45. The number of carbonyl (C=O) groups is 2. The first-order valence-electron chi connectivity index (χ1n) is 7.58. The van der Waals surface area contributed by atoms with E-state index in [1.165, 1.54) is 0 Å². The molecule has 0 aromatic carbocycles. The molecular weight excluding hydrogens is 258 g/mol. The van der Waals surface area contributed by atoms with E-state index in [1.54, 1.807) is 4.90 Å². The van der Waals surface area contributed by atoms with Gasteiger partial charge in [-0.15, -0.1) is 0 Å². The first-order valence-corrected chi connectivity index (χ1v) is 7.58. The van der Waals surface area contributed by atoms with E-state index in [-0.39, 0.29) is 18.0 Å². The van der Waals surface area contributed by atoms with Crippen LogP contribution in [0.25, 0.3) is 0 Å². The van der Waals surface area contributed by atoms with Crippen LogP contribution in [-0.4, -0.2) is 55.7 Å². The molecule has 116 valence electrons. The molecule has 6 nitrogen and oxygen atoms in total. The van der Waals surface area contributed by atoms with E-state index in [4.69, 9.17) is 4.74 Å². The molecule has 0 aliphatic carbocycles. The van der Waals surface area contributed by atoms with Gasteiger partial charge in [0, 0.05) is 39.2 Å². The number of rotatable bonds is 7. The van der Waals surface area contributed by atoms with Gasteiger partial charge in [0.2, 0.25) is 5.91 Å². The Morgan fingerprint density at radius 3 is 2.75 bits per heavy atom. The molecule has 1 unspecified atom stereocenters. The normalized spacial score (nSPS) is 18.7. The lowest BCUT2D eigenvalue weighted by Gasteiger charge is -2.32. The predicted molar refractivity (Wildman–Crippen MR) is 77.5 cm³/mol. The molecule has 1 fully saturated rings. The van der Waals surface area contributed by atoms with Gasteiger partial charge in [0.15, 0.2) is 0 Å². The molecule has 1 aliphatic rings. The van der Waals surface area contributed by atoms with Crippen molar-refractivity contribution < 1.29 is 14.3 Å². The van der Waals surface area contributed by atoms with Crippen LogP contribution in [0.15, 0.2) is 0 Å². The quantitative estimate of drug-likeness (QED) is 0.736. The fourth-order valence-electron chi connectivity index (χ4n) is 2.24. The smallest absolute Gasteiger partial charge is 0.317 e. The zero-order valence-corrected chi connectivity index (χ0v) is 12.6. The van der Waals surface area contributed by atoms with Crippen LogP contribution in [0.4, 0.5) is 4.79 Å². The number of urea groups is 1. The molecule has 0 bridgehead atoms. The third-order valence-corrected chi connectivity index (χ3v) is 3.27. The highest BCUT2D eigenvalue weighted by Gasteiger charge is 2.23. The van der Waals surface area contributed by atoms with Crippen LogP contribution in [0.2, 0.25) is 0 Å². The Bertz CT molecular complexity index is 308. The van der Waals surface area contributed by atoms with Gasteiger partial charge in [0.1, 0.15) is 0 Å². The predicted octanol–water partition coefficient (Wildman–Crippen LogP) is 1.11. The van der Waals surface area contributed by atoms with Crippen LogP contribution in [0.3, 0.4) is 0 Å². The molecule has 0 radical (unpaired) electrons. The Hall–Kier alpha value is -1.30. The maximum absolute atomic E-state index is 12.0. The van der Waals surface area contributed by atoms with E-state index >= 15 is 0 Å². The maximum atomic E-state index is 12.0. The number of likely N-dealkylation sites (tertiary alicyclic amines) is 1. The molecule has 1 atom stereocenters. The highest BCUT2D eigenvalue weighted by molar-refractivity contribution is 5.78. The monoisotopic (exact) mass is 285 g/mol. The number of hydrogen-bond donors (Lipinski definition) is 2. The molecule has 1 aliphatic heterocycles. The van der Waals surface area contributed by atoms with Crippen LogP contribution in [0.5, 0.6) is 0 Å². The van der Waals surface area contributed by atoms with E-state index < -0.39 is 0 Å². The van der Waals surface area contributed by atoms with Crippen LogP contribution in [-0.2, 0) is 9.53 Å². The van der Waals surface area contributed by atoms with Crippen LogP contribution in [0.1, 0.15) is 39.5 Å². The Balaban J connectivity index is 2.20. The van der Waals surface area contributed by atoms with E-state index in [0.717, 1.165) is 25.8 Å². The van der Waals surface area contributed by atoms with Gasteiger partial charge in [0.05, 0.1) is 6.10 Å². The van der Waals surface area contributed by atoms with Crippen molar-refractivity contribution in [2.75, 3.05) is 32.8 Å². The van der Waals surface area contributed by atoms with Crippen molar-refractivity contribution in [3.63, 3.8) is 0 Å². The summed E-state index contributed by atoms with van der Waals surface area (Å²) < 4.78 is 5.56. The van der Waals surface area contributed by atoms with Crippen molar-refractivity contribution in [3.05, 3.63) is 0 Å². The number of ether oxygens (including phenoxy) is 1. The highest BCUT2D eigenvalue weighted by Crippen LogP contribution is 2.13. The minimum Gasteiger partial charge on any atom is -0.377 e. The third kappa shape index (κ3) is 6.23. The summed E-state index contributed by atoms with van der Waals surface area (Å²) >= 11 is 0. The van der Waals surface area contributed by atoms with Crippen molar-refractivity contribution in [2.24, 2.45) is 0 Å². The Labute approximate surface area is 121 Å². The fraction of sp³-hybridized carbons (Fsp3) is 0.857. The molecular formula is C14H27N3O3. The molecule has 3 amide bonds. The topological polar surface area (TPSA) is 70.7 Å². The zero-order chi connectivity index (χ0) is 14.8. The van der Waals surface area contributed by atoms with Crippen molar-refractivity contribution in [3.8, 4) is 0 Å². The van der Waals surface area contributed by atoms with E-state index in [0.29, 0.717) is 32.7 Å². The number of nitrogens with one attached hydrogen (secondary N) is 2. The molecule has 0 saturated carbocycles. The minimum absolute atomic E-state index is 0.0158. The molecule has 6 heteroatoms. The molecule has 1 heterocycles. The summed E-state index contributed by atoms with van der Waals surface area (Å²) in [6.07, 6.45) is 3.37. The third-order valence-electron chi connectivity index (χ3n) is 3.27. The lowest BCUT2D eigenvalue weighted by atomic mass is 10.1. The second-order valence-corrected chi connectivity index (χ2v) is 5.00. The van der Waals surface area contributed by atoms with Gasteiger partial charge in [0.25, 0.3) is 0 Å². The summed E-state index contributed by atoms with van der Waals surface area (Å²) in [6, 6.07) is -0.0994. The lowest BCUT2D eigenvalue weighted by molar-refractivity contribution is -0.120. The molecule has 20 heavy (non-hydrogen) atoms. The lowest BCUT2D eigenvalue weighted by Crippen LogP contribution is -2.48. The Kier molecular flexibility index (Phi) is 8.02. The zero-order valence-electron chi connectivity index (χ0n) is 12.6. The van der Waals surface area contributed by atoms with Gasteiger partial charge in [-0.2, -0.15) is 0 Å². The summed E-state index contributed by atoms with van der Waals surface area (Å²) in [5, 5.41) is 5.58. The second kappa shape index (κ2) is 9.58. The summed E-state index contributed by atoms with van der Waals surface area (Å²) in [5.74, 6) is -0.0158. The highest BCUT2D eigenvalue weighted by atomic mass is 16.5. The Morgan fingerprint density at radius 1 is 1.25 bits per heavy atom. The number of amides is 3.